The Morgan fingerprint density at radius 3 is 2.43 bits per heavy atom. The second kappa shape index (κ2) is 8.70. The van der Waals surface area contributed by atoms with Crippen LogP contribution < -0.4 is 15.4 Å². The van der Waals surface area contributed by atoms with Gasteiger partial charge in [0.05, 0.1) is 19.3 Å². The van der Waals surface area contributed by atoms with Gasteiger partial charge < -0.3 is 20.1 Å². The molecule has 7 nitrogen and oxygen atoms in total. The molecule has 2 N–H and O–H groups in total. The molecule has 23 heavy (non-hydrogen) atoms. The summed E-state index contributed by atoms with van der Waals surface area (Å²) in [6, 6.07) is 7.51. The number of nitrogens with one attached hydrogen (secondary N) is 2. The zero-order valence-corrected chi connectivity index (χ0v) is 13.2. The normalized spacial score (nSPS) is 10.2. The molecule has 0 aliphatic heterocycles. The number of methoxy groups -OCH3 is 2. The average molecular weight is 316 g/mol. The van der Waals surface area contributed by atoms with E-state index in [1.165, 1.54) is 12.4 Å². The van der Waals surface area contributed by atoms with Crippen molar-refractivity contribution in [2.24, 2.45) is 0 Å². The van der Waals surface area contributed by atoms with Crippen LogP contribution in [-0.2, 0) is 11.3 Å². The van der Waals surface area contributed by atoms with E-state index in [1.54, 1.807) is 14.2 Å². The summed E-state index contributed by atoms with van der Waals surface area (Å²) in [6.45, 7) is 1.60. The number of rotatable bonds is 8. The number of hydrogen-bond acceptors (Lipinski definition) is 6. The highest BCUT2D eigenvalue weighted by Gasteiger charge is 2.07. The molecule has 0 aliphatic rings. The summed E-state index contributed by atoms with van der Waals surface area (Å²) in [5, 5.41) is 5.81. The fraction of sp³-hybridized carbons (Fsp3) is 0.312. The number of carbonyl (C=O) groups excluding carboxylic acids is 1. The molecule has 0 saturated heterocycles. The number of amides is 1. The van der Waals surface area contributed by atoms with Crippen molar-refractivity contribution in [2.75, 3.05) is 32.7 Å². The SMILES string of the molecule is COCCNc1ncc(C(=O)NCc2ccc(OC)cc2)cn1. The zero-order valence-electron chi connectivity index (χ0n) is 13.2. The van der Waals surface area contributed by atoms with E-state index < -0.39 is 0 Å². The molecular weight excluding hydrogens is 296 g/mol. The number of hydrogen-bond donors (Lipinski definition) is 2. The highest BCUT2D eigenvalue weighted by Crippen LogP contribution is 2.11. The number of nitrogens with zero attached hydrogens (tertiary/aromatic N) is 2. The third kappa shape index (κ3) is 5.23. The Morgan fingerprint density at radius 2 is 1.83 bits per heavy atom. The van der Waals surface area contributed by atoms with E-state index in [-0.39, 0.29) is 5.91 Å². The molecule has 122 valence electrons. The summed E-state index contributed by atoms with van der Waals surface area (Å²) in [7, 11) is 3.24. The molecule has 1 aromatic heterocycles. The molecule has 0 spiro atoms. The van der Waals surface area contributed by atoms with Gasteiger partial charge in [0.15, 0.2) is 0 Å². The monoisotopic (exact) mass is 316 g/mol. The second-order valence-corrected chi connectivity index (χ2v) is 4.75. The molecule has 1 heterocycles. The first-order valence-corrected chi connectivity index (χ1v) is 7.19. The number of ether oxygens (including phenoxy) is 2. The summed E-state index contributed by atoms with van der Waals surface area (Å²) in [5.41, 5.74) is 1.40. The van der Waals surface area contributed by atoms with E-state index in [0.29, 0.717) is 31.2 Å². The topological polar surface area (TPSA) is 85.4 Å². The van der Waals surface area contributed by atoms with Gasteiger partial charge >= 0.3 is 0 Å². The summed E-state index contributed by atoms with van der Waals surface area (Å²) in [4.78, 5) is 20.2. The minimum atomic E-state index is -0.218. The fourth-order valence-electron chi connectivity index (χ4n) is 1.83. The van der Waals surface area contributed by atoms with E-state index in [9.17, 15) is 4.79 Å². The van der Waals surface area contributed by atoms with Crippen LogP contribution in [0.2, 0.25) is 0 Å². The van der Waals surface area contributed by atoms with E-state index in [4.69, 9.17) is 9.47 Å². The van der Waals surface area contributed by atoms with E-state index in [1.807, 2.05) is 24.3 Å². The Labute approximate surface area is 135 Å². The first-order valence-electron chi connectivity index (χ1n) is 7.19. The van der Waals surface area contributed by atoms with Gasteiger partial charge in [0, 0.05) is 32.6 Å². The molecule has 0 fully saturated rings. The Morgan fingerprint density at radius 1 is 1.13 bits per heavy atom. The quantitative estimate of drug-likeness (QED) is 0.718. The highest BCUT2D eigenvalue weighted by molar-refractivity contribution is 5.93. The van der Waals surface area contributed by atoms with E-state index >= 15 is 0 Å². The van der Waals surface area contributed by atoms with Crippen LogP contribution in [0.15, 0.2) is 36.7 Å². The van der Waals surface area contributed by atoms with Crippen molar-refractivity contribution in [3.8, 4) is 5.75 Å². The molecule has 0 radical (unpaired) electrons. The number of anilines is 1. The zero-order chi connectivity index (χ0) is 16.5. The van der Waals surface area contributed by atoms with Crippen LogP contribution in [0, 0.1) is 0 Å². The number of aromatic nitrogens is 2. The molecule has 1 aromatic carbocycles. The molecule has 0 unspecified atom stereocenters. The maximum absolute atomic E-state index is 12.1. The predicted octanol–water partition coefficient (Wildman–Crippen LogP) is 1.47. The first-order chi connectivity index (χ1) is 11.2. The first kappa shape index (κ1) is 16.7. The molecule has 0 aliphatic carbocycles. The molecule has 0 atom stereocenters. The Bertz CT molecular complexity index is 614. The average Bonchev–Trinajstić information content (AvgIpc) is 2.61. The Balaban J connectivity index is 1.84. The largest absolute Gasteiger partial charge is 0.497 e. The summed E-state index contributed by atoms with van der Waals surface area (Å²) < 4.78 is 10.0. The van der Waals surface area contributed by atoms with Crippen LogP contribution >= 0.6 is 0 Å². The van der Waals surface area contributed by atoms with Gasteiger partial charge in [-0.05, 0) is 17.7 Å². The van der Waals surface area contributed by atoms with Gasteiger partial charge in [0.2, 0.25) is 5.95 Å². The van der Waals surface area contributed by atoms with Crippen LogP contribution in [0.4, 0.5) is 5.95 Å². The number of benzene rings is 1. The lowest BCUT2D eigenvalue weighted by Gasteiger charge is -2.07. The van der Waals surface area contributed by atoms with Crippen molar-refractivity contribution >= 4 is 11.9 Å². The lowest BCUT2D eigenvalue weighted by Crippen LogP contribution is -2.23. The lowest BCUT2D eigenvalue weighted by molar-refractivity contribution is 0.0950. The minimum Gasteiger partial charge on any atom is -0.497 e. The standard InChI is InChI=1S/C16H20N4O3/c1-22-8-7-17-16-19-10-13(11-20-16)15(21)18-9-12-3-5-14(23-2)6-4-12/h3-6,10-11H,7-9H2,1-2H3,(H,18,21)(H,17,19,20). The smallest absolute Gasteiger partial charge is 0.254 e. The maximum atomic E-state index is 12.1. The molecule has 7 heteroatoms. The molecular formula is C16H20N4O3. The fourth-order valence-corrected chi connectivity index (χ4v) is 1.83. The summed E-state index contributed by atoms with van der Waals surface area (Å²) in [6.07, 6.45) is 2.98. The Kier molecular flexibility index (Phi) is 6.31. The molecule has 2 rings (SSSR count). The maximum Gasteiger partial charge on any atom is 0.254 e. The minimum absolute atomic E-state index is 0.218. The third-order valence-corrected chi connectivity index (χ3v) is 3.12. The van der Waals surface area contributed by atoms with Crippen LogP contribution in [0.25, 0.3) is 0 Å². The van der Waals surface area contributed by atoms with E-state index in [0.717, 1.165) is 11.3 Å². The van der Waals surface area contributed by atoms with E-state index in [2.05, 4.69) is 20.6 Å². The van der Waals surface area contributed by atoms with Crippen molar-refractivity contribution in [2.45, 2.75) is 6.54 Å². The summed E-state index contributed by atoms with van der Waals surface area (Å²) >= 11 is 0. The summed E-state index contributed by atoms with van der Waals surface area (Å²) in [5.74, 6) is 1.03. The van der Waals surface area contributed by atoms with Crippen molar-refractivity contribution in [1.82, 2.24) is 15.3 Å². The highest BCUT2D eigenvalue weighted by atomic mass is 16.5. The van der Waals surface area contributed by atoms with Crippen molar-refractivity contribution in [3.05, 3.63) is 47.8 Å². The van der Waals surface area contributed by atoms with Gasteiger partial charge in [0.1, 0.15) is 5.75 Å². The van der Waals surface area contributed by atoms with Gasteiger partial charge in [0.25, 0.3) is 5.91 Å². The predicted molar refractivity (Wildman–Crippen MR) is 86.6 cm³/mol. The van der Waals surface area contributed by atoms with Crippen molar-refractivity contribution in [3.63, 3.8) is 0 Å². The lowest BCUT2D eigenvalue weighted by atomic mass is 10.2. The second-order valence-electron chi connectivity index (χ2n) is 4.75. The third-order valence-electron chi connectivity index (χ3n) is 3.12. The van der Waals surface area contributed by atoms with Gasteiger partial charge in [-0.2, -0.15) is 0 Å². The van der Waals surface area contributed by atoms with Crippen LogP contribution in [0.3, 0.4) is 0 Å². The van der Waals surface area contributed by atoms with Crippen LogP contribution in [0.1, 0.15) is 15.9 Å². The van der Waals surface area contributed by atoms with Crippen LogP contribution in [0.5, 0.6) is 5.75 Å². The van der Waals surface area contributed by atoms with Crippen molar-refractivity contribution in [1.29, 1.82) is 0 Å². The number of carbonyl (C=O) groups is 1. The Hall–Kier alpha value is -2.67. The van der Waals surface area contributed by atoms with Gasteiger partial charge in [-0.15, -0.1) is 0 Å². The van der Waals surface area contributed by atoms with Crippen molar-refractivity contribution < 1.29 is 14.3 Å². The molecule has 1 amide bonds. The van der Waals surface area contributed by atoms with Gasteiger partial charge in [-0.1, -0.05) is 12.1 Å². The van der Waals surface area contributed by atoms with Gasteiger partial charge in [-0.3, -0.25) is 4.79 Å². The molecule has 0 saturated carbocycles. The van der Waals surface area contributed by atoms with Gasteiger partial charge in [-0.25, -0.2) is 9.97 Å². The van der Waals surface area contributed by atoms with Crippen LogP contribution in [-0.4, -0.2) is 43.2 Å². The molecule has 0 bridgehead atoms. The molecule has 2 aromatic rings.